The third kappa shape index (κ3) is 2.58. The Kier molecular flexibility index (Phi) is 3.75. The molecule has 1 amide bonds. The maximum Gasteiger partial charge on any atom is 0.243 e. The summed E-state index contributed by atoms with van der Waals surface area (Å²) in [6.07, 6.45) is 4.32. The normalized spacial score (nSPS) is 20.4. The predicted molar refractivity (Wildman–Crippen MR) is 80.8 cm³/mol. The molecule has 2 aliphatic rings. The SMILES string of the molecule is CN1C(=O)Cc2cc(S(=O)(=O)N3CCCCCC3)ccc21. The van der Waals surface area contributed by atoms with Gasteiger partial charge in [-0.25, -0.2) is 8.42 Å². The molecule has 2 aliphatic heterocycles. The Morgan fingerprint density at radius 1 is 1.05 bits per heavy atom. The number of amides is 1. The molecular weight excluding hydrogens is 288 g/mol. The second-order valence-electron chi connectivity index (χ2n) is 5.74. The Balaban J connectivity index is 1.93. The van der Waals surface area contributed by atoms with Crippen molar-refractivity contribution in [2.24, 2.45) is 0 Å². The number of hydrogen-bond donors (Lipinski definition) is 0. The van der Waals surface area contributed by atoms with Gasteiger partial charge in [0.05, 0.1) is 11.3 Å². The molecule has 0 N–H and O–H groups in total. The molecular formula is C15H20N2O3S. The summed E-state index contributed by atoms with van der Waals surface area (Å²) < 4.78 is 27.0. The van der Waals surface area contributed by atoms with E-state index in [1.54, 1.807) is 34.5 Å². The van der Waals surface area contributed by atoms with Gasteiger partial charge in [0.1, 0.15) is 0 Å². The zero-order chi connectivity index (χ0) is 15.0. The van der Waals surface area contributed by atoms with Crippen LogP contribution in [0.5, 0.6) is 0 Å². The molecule has 1 aromatic carbocycles. The van der Waals surface area contributed by atoms with Gasteiger partial charge in [-0.1, -0.05) is 12.8 Å². The Hall–Kier alpha value is -1.40. The summed E-state index contributed by atoms with van der Waals surface area (Å²) in [6.45, 7) is 1.19. The van der Waals surface area contributed by atoms with Gasteiger partial charge in [0.15, 0.2) is 0 Å². The van der Waals surface area contributed by atoms with Crippen molar-refractivity contribution in [3.8, 4) is 0 Å². The molecule has 114 valence electrons. The minimum Gasteiger partial charge on any atom is -0.315 e. The molecule has 0 spiro atoms. The average molecular weight is 308 g/mol. The Morgan fingerprint density at radius 3 is 2.38 bits per heavy atom. The lowest BCUT2D eigenvalue weighted by Gasteiger charge is -2.20. The van der Waals surface area contributed by atoms with E-state index in [0.717, 1.165) is 36.9 Å². The van der Waals surface area contributed by atoms with E-state index >= 15 is 0 Å². The highest BCUT2D eigenvalue weighted by Gasteiger charge is 2.29. The van der Waals surface area contributed by atoms with E-state index in [-0.39, 0.29) is 12.3 Å². The highest BCUT2D eigenvalue weighted by atomic mass is 32.2. The van der Waals surface area contributed by atoms with Crippen molar-refractivity contribution in [2.75, 3.05) is 25.0 Å². The van der Waals surface area contributed by atoms with E-state index in [2.05, 4.69) is 0 Å². The minimum atomic E-state index is -3.44. The largest absolute Gasteiger partial charge is 0.315 e. The number of rotatable bonds is 2. The summed E-state index contributed by atoms with van der Waals surface area (Å²) in [6, 6.07) is 5.02. The first-order chi connectivity index (χ1) is 10.00. The van der Waals surface area contributed by atoms with Gasteiger partial charge in [-0.15, -0.1) is 0 Å². The first-order valence-corrected chi connectivity index (χ1v) is 8.84. The molecule has 1 saturated heterocycles. The maximum atomic E-state index is 12.7. The fourth-order valence-electron chi connectivity index (χ4n) is 3.04. The van der Waals surface area contributed by atoms with Crippen molar-refractivity contribution < 1.29 is 13.2 Å². The van der Waals surface area contributed by atoms with Crippen LogP contribution in [0.4, 0.5) is 5.69 Å². The first kappa shape index (κ1) is 14.5. The topological polar surface area (TPSA) is 57.7 Å². The number of sulfonamides is 1. The third-order valence-corrected chi connectivity index (χ3v) is 6.23. The number of fused-ring (bicyclic) bond motifs is 1. The number of carbonyl (C=O) groups is 1. The summed E-state index contributed by atoms with van der Waals surface area (Å²) >= 11 is 0. The van der Waals surface area contributed by atoms with E-state index in [1.807, 2.05) is 0 Å². The first-order valence-electron chi connectivity index (χ1n) is 7.40. The van der Waals surface area contributed by atoms with Crippen molar-refractivity contribution in [3.63, 3.8) is 0 Å². The maximum absolute atomic E-state index is 12.7. The molecule has 1 aromatic rings. The summed E-state index contributed by atoms with van der Waals surface area (Å²) in [5.74, 6) is 0.00863. The van der Waals surface area contributed by atoms with Crippen LogP contribution in [0.15, 0.2) is 23.1 Å². The molecule has 0 aliphatic carbocycles. The third-order valence-electron chi connectivity index (χ3n) is 4.33. The minimum absolute atomic E-state index is 0.00863. The summed E-state index contributed by atoms with van der Waals surface area (Å²) in [7, 11) is -1.72. The van der Waals surface area contributed by atoms with Gasteiger partial charge in [-0.3, -0.25) is 4.79 Å². The lowest BCUT2D eigenvalue weighted by atomic mass is 10.2. The van der Waals surface area contributed by atoms with E-state index in [4.69, 9.17) is 0 Å². The van der Waals surface area contributed by atoms with E-state index in [0.29, 0.717) is 18.0 Å². The van der Waals surface area contributed by atoms with Crippen LogP contribution in [-0.4, -0.2) is 38.8 Å². The van der Waals surface area contributed by atoms with Crippen molar-refractivity contribution in [3.05, 3.63) is 23.8 Å². The number of likely N-dealkylation sites (N-methyl/N-ethyl adjacent to an activating group) is 1. The molecule has 0 bridgehead atoms. The van der Waals surface area contributed by atoms with E-state index < -0.39 is 10.0 Å². The van der Waals surface area contributed by atoms with Crippen LogP contribution in [0, 0.1) is 0 Å². The predicted octanol–water partition coefficient (Wildman–Crippen LogP) is 1.77. The number of anilines is 1. The highest BCUT2D eigenvalue weighted by Crippen LogP contribution is 2.31. The molecule has 21 heavy (non-hydrogen) atoms. The van der Waals surface area contributed by atoms with Gasteiger partial charge in [0, 0.05) is 25.8 Å². The molecule has 6 heteroatoms. The van der Waals surface area contributed by atoms with Crippen LogP contribution >= 0.6 is 0 Å². The molecule has 5 nitrogen and oxygen atoms in total. The van der Waals surface area contributed by atoms with Crippen LogP contribution in [0.25, 0.3) is 0 Å². The second-order valence-corrected chi connectivity index (χ2v) is 7.68. The van der Waals surface area contributed by atoms with Crippen molar-refractivity contribution in [1.82, 2.24) is 4.31 Å². The molecule has 1 fully saturated rings. The Bertz CT molecular complexity index is 661. The van der Waals surface area contributed by atoms with Crippen LogP contribution < -0.4 is 4.90 Å². The van der Waals surface area contributed by atoms with Crippen molar-refractivity contribution in [1.29, 1.82) is 0 Å². The summed E-state index contributed by atoms with van der Waals surface area (Å²) in [5.41, 5.74) is 1.62. The van der Waals surface area contributed by atoms with E-state index in [1.165, 1.54) is 0 Å². The molecule has 0 radical (unpaired) electrons. The van der Waals surface area contributed by atoms with Gasteiger partial charge in [0.25, 0.3) is 0 Å². The van der Waals surface area contributed by atoms with Gasteiger partial charge in [-0.05, 0) is 36.6 Å². The fraction of sp³-hybridized carbons (Fsp3) is 0.533. The fourth-order valence-corrected chi connectivity index (χ4v) is 4.61. The highest BCUT2D eigenvalue weighted by molar-refractivity contribution is 7.89. The Morgan fingerprint density at radius 2 is 1.71 bits per heavy atom. The van der Waals surface area contributed by atoms with Crippen LogP contribution in [-0.2, 0) is 21.2 Å². The number of hydrogen-bond acceptors (Lipinski definition) is 3. The molecule has 0 atom stereocenters. The molecule has 0 aromatic heterocycles. The Labute approximate surface area is 125 Å². The second kappa shape index (κ2) is 5.42. The zero-order valence-corrected chi connectivity index (χ0v) is 13.0. The van der Waals surface area contributed by atoms with Gasteiger partial charge >= 0.3 is 0 Å². The quantitative estimate of drug-likeness (QED) is 0.836. The average Bonchev–Trinajstić information content (AvgIpc) is 2.67. The zero-order valence-electron chi connectivity index (χ0n) is 12.2. The van der Waals surface area contributed by atoms with Crippen molar-refractivity contribution >= 4 is 21.6 Å². The molecule has 3 rings (SSSR count). The monoisotopic (exact) mass is 308 g/mol. The molecule has 0 saturated carbocycles. The van der Waals surface area contributed by atoms with Gasteiger partial charge < -0.3 is 4.90 Å². The molecule has 2 heterocycles. The standard InChI is InChI=1S/C15H20N2O3S/c1-16-14-7-6-13(10-12(14)11-15(16)18)21(19,20)17-8-4-2-3-5-9-17/h6-7,10H,2-5,8-9,11H2,1H3. The van der Waals surface area contributed by atoms with Crippen LogP contribution in [0.3, 0.4) is 0 Å². The van der Waals surface area contributed by atoms with Crippen LogP contribution in [0.2, 0.25) is 0 Å². The number of nitrogens with zero attached hydrogens (tertiary/aromatic N) is 2. The smallest absolute Gasteiger partial charge is 0.243 e. The molecule has 0 unspecified atom stereocenters. The van der Waals surface area contributed by atoms with Crippen LogP contribution in [0.1, 0.15) is 31.2 Å². The lowest BCUT2D eigenvalue weighted by molar-refractivity contribution is -0.117. The van der Waals surface area contributed by atoms with Gasteiger partial charge in [0.2, 0.25) is 15.9 Å². The van der Waals surface area contributed by atoms with Crippen molar-refractivity contribution in [2.45, 2.75) is 37.0 Å². The number of benzene rings is 1. The summed E-state index contributed by atoms with van der Waals surface area (Å²) in [5, 5.41) is 0. The van der Waals surface area contributed by atoms with Gasteiger partial charge in [-0.2, -0.15) is 4.31 Å². The number of carbonyl (C=O) groups excluding carboxylic acids is 1. The lowest BCUT2D eigenvalue weighted by Crippen LogP contribution is -2.32. The summed E-state index contributed by atoms with van der Waals surface area (Å²) in [4.78, 5) is 13.6. The van der Waals surface area contributed by atoms with E-state index in [9.17, 15) is 13.2 Å².